The lowest BCUT2D eigenvalue weighted by molar-refractivity contribution is -0.390. The summed E-state index contributed by atoms with van der Waals surface area (Å²) < 4.78 is 14.7. The summed E-state index contributed by atoms with van der Waals surface area (Å²) in [5, 5.41) is 10.7. The number of aromatic nitrogens is 2. The molecule has 5 nitrogen and oxygen atoms in total. The molecule has 0 saturated heterocycles. The Morgan fingerprint density at radius 1 is 1.44 bits per heavy atom. The maximum absolute atomic E-state index is 12.8. The van der Waals surface area contributed by atoms with Gasteiger partial charge in [-0.1, -0.05) is 12.1 Å². The molecular weight excluding hydrogens is 305 g/mol. The quantitative estimate of drug-likeness (QED) is 0.646. The summed E-state index contributed by atoms with van der Waals surface area (Å²) in [6, 6.07) is 5.97. The number of aryl methyl sites for hydroxylation is 1. The minimum absolute atomic E-state index is 0.213. The molecule has 0 saturated carbocycles. The van der Waals surface area contributed by atoms with E-state index in [0.29, 0.717) is 17.0 Å². The lowest BCUT2D eigenvalue weighted by Crippen LogP contribution is -2.02. The van der Waals surface area contributed by atoms with Gasteiger partial charge in [0.1, 0.15) is 5.82 Å². The minimum atomic E-state index is -0.543. The molecule has 0 spiro atoms. The zero-order valence-electron chi connectivity index (χ0n) is 9.43. The number of benzene rings is 1. The van der Waals surface area contributed by atoms with Crippen molar-refractivity contribution in [1.82, 2.24) is 9.55 Å². The molecule has 0 amide bonds. The number of nitrogens with zero attached hydrogens (tertiary/aromatic N) is 3. The van der Waals surface area contributed by atoms with Crippen molar-refractivity contribution in [1.29, 1.82) is 0 Å². The Labute approximate surface area is 111 Å². The van der Waals surface area contributed by atoms with Crippen molar-refractivity contribution in [3.8, 4) is 0 Å². The Morgan fingerprint density at radius 2 is 2.06 bits per heavy atom. The van der Waals surface area contributed by atoms with Gasteiger partial charge in [0, 0.05) is 6.92 Å². The predicted molar refractivity (Wildman–Crippen MR) is 66.8 cm³/mol. The van der Waals surface area contributed by atoms with Gasteiger partial charge in [-0.25, -0.2) is 4.39 Å². The van der Waals surface area contributed by atoms with Crippen LogP contribution in [0.5, 0.6) is 0 Å². The first-order valence-electron chi connectivity index (χ1n) is 5.10. The third-order valence-corrected chi connectivity index (χ3v) is 3.29. The lowest BCUT2D eigenvalue weighted by Gasteiger charge is -2.04. The molecule has 7 heteroatoms. The van der Waals surface area contributed by atoms with Crippen LogP contribution in [0.2, 0.25) is 0 Å². The maximum atomic E-state index is 12.8. The molecule has 1 aromatic carbocycles. The van der Waals surface area contributed by atoms with Crippen LogP contribution in [0.25, 0.3) is 0 Å². The van der Waals surface area contributed by atoms with E-state index in [1.165, 1.54) is 12.1 Å². The van der Waals surface area contributed by atoms with Crippen molar-refractivity contribution in [3.63, 3.8) is 0 Å². The summed E-state index contributed by atoms with van der Waals surface area (Å²) in [5.74, 6) is -0.00124. The third-order valence-electron chi connectivity index (χ3n) is 2.51. The van der Waals surface area contributed by atoms with Gasteiger partial charge in [-0.2, -0.15) is 0 Å². The fourth-order valence-electron chi connectivity index (χ4n) is 1.59. The van der Waals surface area contributed by atoms with Gasteiger partial charge in [-0.05, 0) is 43.5 Å². The number of hydrogen-bond acceptors (Lipinski definition) is 3. The van der Waals surface area contributed by atoms with Crippen LogP contribution in [0.15, 0.2) is 28.9 Å². The van der Waals surface area contributed by atoms with Gasteiger partial charge in [0.25, 0.3) is 0 Å². The lowest BCUT2D eigenvalue weighted by atomic mass is 10.2. The normalized spacial score (nSPS) is 10.6. The predicted octanol–water partition coefficient (Wildman–Crippen LogP) is 3.05. The van der Waals surface area contributed by atoms with E-state index in [1.54, 1.807) is 23.6 Å². The summed E-state index contributed by atoms with van der Waals surface area (Å²) >= 11 is 3.16. The van der Waals surface area contributed by atoms with Crippen molar-refractivity contribution >= 4 is 21.7 Å². The summed E-state index contributed by atoms with van der Waals surface area (Å²) in [4.78, 5) is 14.1. The largest absolute Gasteiger partial charge is 0.396 e. The highest BCUT2D eigenvalue weighted by atomic mass is 79.9. The van der Waals surface area contributed by atoms with Gasteiger partial charge in [-0.3, -0.25) is 4.57 Å². The van der Waals surface area contributed by atoms with Crippen LogP contribution in [0.4, 0.5) is 10.2 Å². The van der Waals surface area contributed by atoms with E-state index >= 15 is 0 Å². The van der Waals surface area contributed by atoms with Crippen LogP contribution < -0.4 is 0 Å². The molecule has 0 aliphatic heterocycles. The molecule has 0 radical (unpaired) electrons. The molecule has 0 unspecified atom stereocenters. The van der Waals surface area contributed by atoms with Crippen LogP contribution in [-0.2, 0) is 6.54 Å². The SMILES string of the molecule is Cc1nc([N+](=O)[O-])c(Br)n1Cc1ccc(F)cc1. The van der Waals surface area contributed by atoms with Crippen molar-refractivity contribution < 1.29 is 9.31 Å². The van der Waals surface area contributed by atoms with Crippen molar-refractivity contribution in [2.45, 2.75) is 13.5 Å². The maximum Gasteiger partial charge on any atom is 0.396 e. The smallest absolute Gasteiger partial charge is 0.358 e. The highest BCUT2D eigenvalue weighted by Gasteiger charge is 2.23. The number of halogens is 2. The summed E-state index contributed by atoms with van der Waals surface area (Å²) in [7, 11) is 0. The van der Waals surface area contributed by atoms with Gasteiger partial charge < -0.3 is 10.1 Å². The standard InChI is InChI=1S/C11H9BrFN3O2/c1-7-14-11(16(17)18)10(12)15(7)6-8-2-4-9(13)5-3-8/h2-5H,6H2,1H3. The van der Waals surface area contributed by atoms with E-state index in [9.17, 15) is 14.5 Å². The highest BCUT2D eigenvalue weighted by Crippen LogP contribution is 2.26. The Hall–Kier alpha value is -1.76. The molecule has 2 aromatic rings. The zero-order valence-corrected chi connectivity index (χ0v) is 11.0. The van der Waals surface area contributed by atoms with Crippen molar-refractivity contribution in [3.05, 3.63) is 56.2 Å². The Kier molecular flexibility index (Phi) is 3.42. The molecule has 18 heavy (non-hydrogen) atoms. The fourth-order valence-corrected chi connectivity index (χ4v) is 2.21. The third kappa shape index (κ3) is 2.40. The van der Waals surface area contributed by atoms with Gasteiger partial charge in [0.05, 0.1) is 6.54 Å². The molecule has 1 heterocycles. The van der Waals surface area contributed by atoms with Crippen LogP contribution >= 0.6 is 15.9 Å². The molecule has 2 rings (SSSR count). The van der Waals surface area contributed by atoms with E-state index in [0.717, 1.165) is 5.56 Å². The Bertz CT molecular complexity index is 595. The highest BCUT2D eigenvalue weighted by molar-refractivity contribution is 9.10. The number of nitro groups is 1. The van der Waals surface area contributed by atoms with E-state index < -0.39 is 4.92 Å². The second-order valence-electron chi connectivity index (χ2n) is 3.74. The summed E-state index contributed by atoms with van der Waals surface area (Å²) in [6.45, 7) is 2.08. The van der Waals surface area contributed by atoms with Crippen molar-refractivity contribution in [2.24, 2.45) is 0 Å². The van der Waals surface area contributed by atoms with Gasteiger partial charge in [-0.15, -0.1) is 0 Å². The summed E-state index contributed by atoms with van der Waals surface area (Å²) in [6.07, 6.45) is 0. The van der Waals surface area contributed by atoms with Crippen LogP contribution in [0.1, 0.15) is 11.4 Å². The number of hydrogen-bond donors (Lipinski definition) is 0. The Balaban J connectivity index is 2.34. The zero-order chi connectivity index (χ0) is 13.3. The average molecular weight is 314 g/mol. The molecule has 0 bridgehead atoms. The monoisotopic (exact) mass is 313 g/mol. The average Bonchev–Trinajstić information content (AvgIpc) is 2.60. The Morgan fingerprint density at radius 3 is 2.56 bits per heavy atom. The van der Waals surface area contributed by atoms with Crippen LogP contribution in [0, 0.1) is 22.9 Å². The first-order chi connectivity index (χ1) is 8.49. The van der Waals surface area contributed by atoms with E-state index in [2.05, 4.69) is 20.9 Å². The molecule has 1 aromatic heterocycles. The second kappa shape index (κ2) is 4.85. The molecule has 0 N–H and O–H groups in total. The first-order valence-corrected chi connectivity index (χ1v) is 5.90. The second-order valence-corrected chi connectivity index (χ2v) is 4.49. The molecule has 0 aliphatic carbocycles. The van der Waals surface area contributed by atoms with Crippen LogP contribution in [0.3, 0.4) is 0 Å². The fraction of sp³-hybridized carbons (Fsp3) is 0.182. The minimum Gasteiger partial charge on any atom is -0.358 e. The molecular formula is C11H9BrFN3O2. The van der Waals surface area contributed by atoms with E-state index in [4.69, 9.17) is 0 Å². The molecule has 0 fully saturated rings. The van der Waals surface area contributed by atoms with Crippen LogP contribution in [-0.4, -0.2) is 14.5 Å². The van der Waals surface area contributed by atoms with E-state index in [1.807, 2.05) is 0 Å². The van der Waals surface area contributed by atoms with Gasteiger partial charge >= 0.3 is 5.82 Å². The number of imidazole rings is 1. The molecule has 0 atom stereocenters. The first kappa shape index (κ1) is 12.7. The summed E-state index contributed by atoms with van der Waals surface area (Å²) in [5.41, 5.74) is 0.840. The van der Waals surface area contributed by atoms with Crippen molar-refractivity contribution in [2.75, 3.05) is 0 Å². The topological polar surface area (TPSA) is 61.0 Å². The number of rotatable bonds is 3. The molecule has 0 aliphatic rings. The van der Waals surface area contributed by atoms with E-state index in [-0.39, 0.29) is 11.6 Å². The van der Waals surface area contributed by atoms with Gasteiger partial charge in [0.2, 0.25) is 5.82 Å². The molecule has 94 valence electrons. The van der Waals surface area contributed by atoms with Gasteiger partial charge in [0.15, 0.2) is 4.60 Å².